The topological polar surface area (TPSA) is 69.2 Å². The summed E-state index contributed by atoms with van der Waals surface area (Å²) in [5.74, 6) is 2.39. The summed E-state index contributed by atoms with van der Waals surface area (Å²) in [6.07, 6.45) is 5.20. The molecule has 1 aromatic carbocycles. The van der Waals surface area contributed by atoms with Crippen LogP contribution in [-0.4, -0.2) is 29.2 Å². The largest absolute Gasteiger partial charge is 0.497 e. The molecule has 4 aromatic rings. The number of methoxy groups -OCH3 is 2. The van der Waals surface area contributed by atoms with Crippen molar-refractivity contribution in [3.63, 3.8) is 0 Å². The number of hydrogen-bond donors (Lipinski definition) is 1. The summed E-state index contributed by atoms with van der Waals surface area (Å²) in [6.45, 7) is 0.562. The third kappa shape index (κ3) is 3.54. The van der Waals surface area contributed by atoms with Gasteiger partial charge in [-0.15, -0.1) is 11.3 Å². The Bertz CT molecular complexity index is 1070. The van der Waals surface area contributed by atoms with Gasteiger partial charge in [0.25, 0.3) is 0 Å². The van der Waals surface area contributed by atoms with Gasteiger partial charge in [-0.3, -0.25) is 4.98 Å². The van der Waals surface area contributed by atoms with E-state index in [2.05, 4.69) is 26.3 Å². The zero-order chi connectivity index (χ0) is 18.6. The second kappa shape index (κ2) is 7.59. The Kier molecular flexibility index (Phi) is 4.84. The second-order valence-corrected chi connectivity index (χ2v) is 6.87. The summed E-state index contributed by atoms with van der Waals surface area (Å²) < 4.78 is 11.8. The van der Waals surface area contributed by atoms with Crippen LogP contribution in [0.15, 0.2) is 55.1 Å². The number of thiophene rings is 1. The molecule has 4 rings (SSSR count). The molecule has 0 saturated heterocycles. The molecule has 3 aromatic heterocycles. The van der Waals surface area contributed by atoms with Crippen LogP contribution in [0.2, 0.25) is 0 Å². The number of pyridine rings is 1. The maximum absolute atomic E-state index is 5.45. The third-order valence-electron chi connectivity index (χ3n) is 4.19. The van der Waals surface area contributed by atoms with E-state index in [-0.39, 0.29) is 0 Å². The van der Waals surface area contributed by atoms with Gasteiger partial charge in [0.2, 0.25) is 0 Å². The fourth-order valence-corrected chi connectivity index (χ4v) is 3.90. The lowest BCUT2D eigenvalue weighted by Crippen LogP contribution is -2.04. The molecule has 0 aliphatic rings. The number of rotatable bonds is 6. The van der Waals surface area contributed by atoms with Gasteiger partial charge >= 0.3 is 0 Å². The van der Waals surface area contributed by atoms with E-state index in [0.29, 0.717) is 6.54 Å². The van der Waals surface area contributed by atoms with Crippen LogP contribution >= 0.6 is 11.3 Å². The van der Waals surface area contributed by atoms with E-state index >= 15 is 0 Å². The van der Waals surface area contributed by atoms with E-state index < -0.39 is 0 Å². The highest BCUT2D eigenvalue weighted by Gasteiger charge is 2.12. The first-order valence-corrected chi connectivity index (χ1v) is 9.20. The molecule has 136 valence electrons. The van der Waals surface area contributed by atoms with Crippen LogP contribution in [0.25, 0.3) is 20.7 Å². The first kappa shape index (κ1) is 17.2. The summed E-state index contributed by atoms with van der Waals surface area (Å²) >= 11 is 1.65. The lowest BCUT2D eigenvalue weighted by molar-refractivity contribution is 0.399. The van der Waals surface area contributed by atoms with Gasteiger partial charge in [-0.05, 0) is 30.3 Å². The molecule has 0 atom stereocenters. The number of nitrogens with zero attached hydrogens (tertiary/aromatic N) is 3. The minimum Gasteiger partial charge on any atom is -0.497 e. The molecule has 1 N–H and O–H groups in total. The average molecular weight is 378 g/mol. The fourth-order valence-electron chi connectivity index (χ4n) is 2.83. The molecule has 0 amide bonds. The summed E-state index contributed by atoms with van der Waals surface area (Å²) in [4.78, 5) is 14.1. The Morgan fingerprint density at radius 2 is 2.00 bits per heavy atom. The smallest absolute Gasteiger partial charge is 0.147 e. The van der Waals surface area contributed by atoms with E-state index in [9.17, 15) is 0 Å². The number of nitrogens with one attached hydrogen (secondary N) is 1. The van der Waals surface area contributed by atoms with Crippen LogP contribution < -0.4 is 14.8 Å². The molecule has 0 fully saturated rings. The van der Waals surface area contributed by atoms with Gasteiger partial charge in [0, 0.05) is 34.9 Å². The van der Waals surface area contributed by atoms with E-state index in [1.54, 1.807) is 38.1 Å². The van der Waals surface area contributed by atoms with Crippen molar-refractivity contribution in [2.75, 3.05) is 19.5 Å². The number of anilines is 1. The maximum atomic E-state index is 5.45. The molecule has 0 saturated carbocycles. The number of fused-ring (bicyclic) bond motifs is 1. The van der Waals surface area contributed by atoms with E-state index in [0.717, 1.165) is 43.5 Å². The van der Waals surface area contributed by atoms with Crippen LogP contribution in [0.4, 0.5) is 5.82 Å². The molecule has 0 aliphatic heterocycles. The average Bonchev–Trinajstić information content (AvgIpc) is 3.17. The molecule has 0 spiro atoms. The van der Waals surface area contributed by atoms with Crippen LogP contribution in [0, 0.1) is 0 Å². The number of hydrogen-bond acceptors (Lipinski definition) is 7. The van der Waals surface area contributed by atoms with Gasteiger partial charge in [0.1, 0.15) is 23.6 Å². The molecule has 6 nitrogen and oxygen atoms in total. The van der Waals surface area contributed by atoms with Crippen molar-refractivity contribution < 1.29 is 9.47 Å². The first-order chi connectivity index (χ1) is 13.3. The molecule has 0 bridgehead atoms. The highest BCUT2D eigenvalue weighted by molar-refractivity contribution is 7.22. The van der Waals surface area contributed by atoms with Crippen LogP contribution in [-0.2, 0) is 6.54 Å². The molecular weight excluding hydrogens is 360 g/mol. The zero-order valence-electron chi connectivity index (χ0n) is 15.0. The predicted molar refractivity (Wildman–Crippen MR) is 108 cm³/mol. The highest BCUT2D eigenvalue weighted by atomic mass is 32.1. The van der Waals surface area contributed by atoms with Crippen molar-refractivity contribution in [1.82, 2.24) is 15.0 Å². The van der Waals surface area contributed by atoms with Crippen molar-refractivity contribution in [3.8, 4) is 21.9 Å². The Morgan fingerprint density at radius 3 is 2.78 bits per heavy atom. The Labute approximate surface area is 160 Å². The molecule has 0 radical (unpaired) electrons. The van der Waals surface area contributed by atoms with Gasteiger partial charge in [-0.2, -0.15) is 0 Å². The summed E-state index contributed by atoms with van der Waals surface area (Å²) in [5, 5.41) is 3.40. The highest BCUT2D eigenvalue weighted by Crippen LogP contribution is 2.35. The minimum absolute atomic E-state index is 0.562. The van der Waals surface area contributed by atoms with Crippen LogP contribution in [0.5, 0.6) is 11.5 Å². The van der Waals surface area contributed by atoms with Gasteiger partial charge in [0.05, 0.1) is 24.4 Å². The Balaban J connectivity index is 1.64. The summed E-state index contributed by atoms with van der Waals surface area (Å²) in [6, 6.07) is 11.8. The zero-order valence-corrected chi connectivity index (χ0v) is 15.8. The van der Waals surface area contributed by atoms with Crippen molar-refractivity contribution in [2.45, 2.75) is 6.54 Å². The number of aromatic nitrogens is 3. The van der Waals surface area contributed by atoms with Crippen LogP contribution in [0.3, 0.4) is 0 Å². The van der Waals surface area contributed by atoms with Crippen molar-refractivity contribution >= 4 is 27.4 Å². The predicted octanol–water partition coefficient (Wildman–Crippen LogP) is 4.38. The van der Waals surface area contributed by atoms with Crippen molar-refractivity contribution in [1.29, 1.82) is 0 Å². The molecule has 7 heteroatoms. The summed E-state index contributed by atoms with van der Waals surface area (Å²) in [7, 11) is 3.31. The Morgan fingerprint density at radius 1 is 1.07 bits per heavy atom. The van der Waals surface area contributed by atoms with Crippen LogP contribution in [0.1, 0.15) is 5.56 Å². The molecule has 27 heavy (non-hydrogen) atoms. The van der Waals surface area contributed by atoms with Gasteiger partial charge in [0.15, 0.2) is 0 Å². The lowest BCUT2D eigenvalue weighted by Gasteiger charge is -2.12. The lowest BCUT2D eigenvalue weighted by atomic mass is 10.2. The first-order valence-electron chi connectivity index (χ1n) is 8.38. The number of benzene rings is 1. The van der Waals surface area contributed by atoms with Gasteiger partial charge in [-0.1, -0.05) is 6.07 Å². The number of ether oxygens (including phenoxy) is 2. The molecule has 0 aliphatic carbocycles. The quantitative estimate of drug-likeness (QED) is 0.537. The SMILES string of the molecule is COc1ccc(OC)c(CNc2ncnc3cc(-c4cccnc4)sc23)c1. The fraction of sp³-hybridized carbons (Fsp3) is 0.150. The van der Waals surface area contributed by atoms with Crippen molar-refractivity contribution in [3.05, 3.63) is 60.7 Å². The maximum Gasteiger partial charge on any atom is 0.147 e. The molecule has 3 heterocycles. The van der Waals surface area contributed by atoms with E-state index in [4.69, 9.17) is 9.47 Å². The third-order valence-corrected chi connectivity index (χ3v) is 5.37. The summed E-state index contributed by atoms with van der Waals surface area (Å²) in [5.41, 5.74) is 2.97. The minimum atomic E-state index is 0.562. The molecule has 0 unspecified atom stereocenters. The van der Waals surface area contributed by atoms with Gasteiger partial charge < -0.3 is 14.8 Å². The van der Waals surface area contributed by atoms with E-state index in [1.165, 1.54) is 0 Å². The van der Waals surface area contributed by atoms with Gasteiger partial charge in [-0.25, -0.2) is 9.97 Å². The molecular formula is C20H18N4O2S. The van der Waals surface area contributed by atoms with Crippen molar-refractivity contribution in [2.24, 2.45) is 0 Å². The standard InChI is InChI=1S/C20H18N4O2S/c1-25-15-5-6-17(26-2)14(8-15)11-22-20-19-16(23-12-24-20)9-18(27-19)13-4-3-7-21-10-13/h3-10,12H,11H2,1-2H3,(H,22,23,24). The van der Waals surface area contributed by atoms with E-state index in [1.807, 2.05) is 36.5 Å². The normalized spacial score (nSPS) is 10.7. The second-order valence-electron chi connectivity index (χ2n) is 5.82. The Hall–Kier alpha value is -3.19. The monoisotopic (exact) mass is 378 g/mol.